The molecule has 0 aliphatic carbocycles. The molecule has 1 saturated heterocycles. The lowest BCUT2D eigenvalue weighted by molar-refractivity contribution is 0.185. The van der Waals surface area contributed by atoms with E-state index in [0.29, 0.717) is 26.2 Å². The number of hydrogen-bond acceptors (Lipinski definition) is 6. The molecule has 178 valence electrons. The number of aromatic nitrogens is 3. The molecule has 10 heteroatoms. The molecule has 2 N–H and O–H groups in total. The molecule has 1 aliphatic rings. The average Bonchev–Trinajstić information content (AvgIpc) is 3.26. The second-order valence-electron chi connectivity index (χ2n) is 10.4. The van der Waals surface area contributed by atoms with E-state index in [0.717, 1.165) is 27.2 Å². The van der Waals surface area contributed by atoms with Gasteiger partial charge in [-0.3, -0.25) is 0 Å². The maximum absolute atomic E-state index is 13.5. The Morgan fingerprint density at radius 3 is 2.21 bits per heavy atom. The maximum Gasteiger partial charge on any atom is 0.317 e. The smallest absolute Gasteiger partial charge is 0.317 e. The number of rotatable bonds is 3. The summed E-state index contributed by atoms with van der Waals surface area (Å²) in [5, 5.41) is 12.3. The zero-order valence-electron chi connectivity index (χ0n) is 20.1. The third-order valence-electron chi connectivity index (χ3n) is 5.12. The van der Waals surface area contributed by atoms with Crippen molar-refractivity contribution in [2.75, 3.05) is 36.4 Å². The summed E-state index contributed by atoms with van der Waals surface area (Å²) in [7, 11) is 0. The Hall–Kier alpha value is -2.88. The van der Waals surface area contributed by atoms with Gasteiger partial charge in [0.2, 0.25) is 10.1 Å². The topological polar surface area (TPSA) is 77.8 Å². The second-order valence-corrected chi connectivity index (χ2v) is 11.4. The monoisotopic (exact) mass is 473 g/mol. The number of carbonyl (C=O) groups is 1. The number of piperazine rings is 1. The number of imidazole rings is 1. The molecule has 0 unspecified atom stereocenters. The highest BCUT2D eigenvalue weighted by Crippen LogP contribution is 2.35. The van der Waals surface area contributed by atoms with Gasteiger partial charge < -0.3 is 20.4 Å². The van der Waals surface area contributed by atoms with Crippen LogP contribution in [0.1, 0.15) is 41.5 Å². The van der Waals surface area contributed by atoms with Gasteiger partial charge in [0.05, 0.1) is 0 Å². The minimum absolute atomic E-state index is 0.0308. The molecule has 1 fully saturated rings. The first-order chi connectivity index (χ1) is 15.4. The molecule has 0 bridgehead atoms. The van der Waals surface area contributed by atoms with Crippen molar-refractivity contribution in [3.63, 3.8) is 0 Å². The van der Waals surface area contributed by atoms with E-state index in [-0.39, 0.29) is 22.9 Å². The minimum Gasteiger partial charge on any atom is -0.364 e. The number of nitrogens with zero attached hydrogens (tertiary/aromatic N) is 5. The van der Waals surface area contributed by atoms with Gasteiger partial charge in [-0.15, -0.1) is 5.10 Å². The fraction of sp³-hybridized carbons (Fsp3) is 0.522. The molecule has 1 aliphatic heterocycles. The molecule has 0 saturated carbocycles. The van der Waals surface area contributed by atoms with Crippen molar-refractivity contribution in [3.8, 4) is 11.3 Å². The van der Waals surface area contributed by atoms with Crippen molar-refractivity contribution < 1.29 is 9.18 Å². The Bertz CT molecular complexity index is 1130. The van der Waals surface area contributed by atoms with Crippen molar-refractivity contribution in [2.45, 2.75) is 52.6 Å². The lowest BCUT2D eigenvalue weighted by atomic mass is 10.1. The molecule has 3 aromatic rings. The number of fused-ring (bicyclic) bond motifs is 1. The summed E-state index contributed by atoms with van der Waals surface area (Å²) in [4.78, 5) is 22.1. The first-order valence-corrected chi connectivity index (χ1v) is 12.0. The van der Waals surface area contributed by atoms with E-state index in [2.05, 4.69) is 36.3 Å². The van der Waals surface area contributed by atoms with Gasteiger partial charge in [0, 0.05) is 42.8 Å². The molecule has 2 aromatic heterocycles. The van der Waals surface area contributed by atoms with Crippen LogP contribution in [0.5, 0.6) is 0 Å². The molecule has 2 amide bonds. The summed E-state index contributed by atoms with van der Waals surface area (Å²) in [5.74, 6) is 0.510. The minimum atomic E-state index is -0.277. The maximum atomic E-state index is 13.5. The zero-order valence-corrected chi connectivity index (χ0v) is 20.9. The van der Waals surface area contributed by atoms with E-state index in [9.17, 15) is 9.18 Å². The van der Waals surface area contributed by atoms with Crippen LogP contribution >= 0.6 is 11.3 Å². The summed E-state index contributed by atoms with van der Waals surface area (Å²) < 4.78 is 15.3. The number of carbonyl (C=O) groups excluding carboxylic acids is 1. The van der Waals surface area contributed by atoms with E-state index in [1.54, 1.807) is 12.1 Å². The van der Waals surface area contributed by atoms with Gasteiger partial charge >= 0.3 is 6.03 Å². The van der Waals surface area contributed by atoms with Gasteiger partial charge in [-0.1, -0.05) is 11.3 Å². The van der Waals surface area contributed by atoms with Crippen molar-refractivity contribution in [3.05, 3.63) is 30.1 Å². The molecular formula is C23H32FN7OS. The Morgan fingerprint density at radius 2 is 1.64 bits per heavy atom. The van der Waals surface area contributed by atoms with E-state index in [1.807, 2.05) is 30.2 Å². The van der Waals surface area contributed by atoms with Crippen LogP contribution in [0.3, 0.4) is 0 Å². The van der Waals surface area contributed by atoms with Crippen LogP contribution in [0.15, 0.2) is 24.3 Å². The predicted molar refractivity (Wildman–Crippen MR) is 132 cm³/mol. The molecule has 0 spiro atoms. The summed E-state index contributed by atoms with van der Waals surface area (Å²) in [6.07, 6.45) is 0. The molecule has 4 rings (SSSR count). The van der Waals surface area contributed by atoms with Crippen LogP contribution < -0.4 is 15.5 Å². The molecular weight excluding hydrogens is 441 g/mol. The predicted octanol–water partition coefficient (Wildman–Crippen LogP) is 4.44. The molecule has 0 radical (unpaired) electrons. The number of urea groups is 1. The van der Waals surface area contributed by atoms with E-state index in [4.69, 9.17) is 10.1 Å². The molecule has 8 nitrogen and oxygen atoms in total. The Kier molecular flexibility index (Phi) is 5.98. The lowest BCUT2D eigenvalue weighted by Gasteiger charge is -2.36. The standard InChI is InChI=1S/C23H32FN7OS/c1-22(2,3)26-18-17(15-7-9-16(24)10-8-15)25-20-31(18)28-21(33-20)30-13-11-29(12-14-30)19(32)27-23(4,5)6/h7-10,26H,11-14H2,1-6H3,(H,27,32). The van der Waals surface area contributed by atoms with Crippen molar-refractivity contribution in [1.29, 1.82) is 0 Å². The third kappa shape index (κ3) is 5.38. The van der Waals surface area contributed by atoms with Crippen LogP contribution in [0, 0.1) is 5.82 Å². The quantitative estimate of drug-likeness (QED) is 0.588. The SMILES string of the molecule is CC(C)(C)NC(=O)N1CCN(c2nn3c(NC(C)(C)C)c(-c4ccc(F)cc4)nc3s2)CC1. The van der Waals surface area contributed by atoms with Crippen molar-refractivity contribution in [1.82, 2.24) is 24.8 Å². The highest BCUT2D eigenvalue weighted by molar-refractivity contribution is 7.20. The van der Waals surface area contributed by atoms with Crippen LogP contribution in [-0.2, 0) is 0 Å². The van der Waals surface area contributed by atoms with Gasteiger partial charge in [0.25, 0.3) is 0 Å². The molecule has 3 heterocycles. The lowest BCUT2D eigenvalue weighted by Crippen LogP contribution is -2.55. The molecule has 0 atom stereocenters. The van der Waals surface area contributed by atoms with Gasteiger partial charge in [0.1, 0.15) is 11.5 Å². The van der Waals surface area contributed by atoms with E-state index >= 15 is 0 Å². The summed E-state index contributed by atoms with van der Waals surface area (Å²) in [6, 6.07) is 6.32. The number of nitrogens with one attached hydrogen (secondary N) is 2. The number of benzene rings is 1. The fourth-order valence-electron chi connectivity index (χ4n) is 3.64. The largest absolute Gasteiger partial charge is 0.364 e. The number of halogens is 1. The second kappa shape index (κ2) is 8.48. The average molecular weight is 474 g/mol. The number of hydrogen-bond donors (Lipinski definition) is 2. The summed E-state index contributed by atoms with van der Waals surface area (Å²) >= 11 is 1.52. The zero-order chi connectivity index (χ0) is 24.0. The van der Waals surface area contributed by atoms with E-state index in [1.165, 1.54) is 23.5 Å². The summed E-state index contributed by atoms with van der Waals surface area (Å²) in [6.45, 7) is 14.9. The van der Waals surface area contributed by atoms with Crippen LogP contribution in [0.2, 0.25) is 0 Å². The van der Waals surface area contributed by atoms with Crippen LogP contribution in [-0.4, -0.2) is 62.8 Å². The van der Waals surface area contributed by atoms with Crippen LogP contribution in [0.25, 0.3) is 16.2 Å². The highest BCUT2D eigenvalue weighted by Gasteiger charge is 2.27. The van der Waals surface area contributed by atoms with Crippen LogP contribution in [0.4, 0.5) is 20.1 Å². The first-order valence-electron chi connectivity index (χ1n) is 11.2. The first kappa shape index (κ1) is 23.3. The molecule has 33 heavy (non-hydrogen) atoms. The van der Waals surface area contributed by atoms with Gasteiger partial charge in [-0.2, -0.15) is 4.52 Å². The van der Waals surface area contributed by atoms with Crippen molar-refractivity contribution >= 4 is 33.3 Å². The highest BCUT2D eigenvalue weighted by atomic mass is 32.1. The summed E-state index contributed by atoms with van der Waals surface area (Å²) in [5.41, 5.74) is 1.12. The Morgan fingerprint density at radius 1 is 1.00 bits per heavy atom. The normalized spacial score (nSPS) is 15.2. The Labute approximate surface area is 197 Å². The van der Waals surface area contributed by atoms with Crippen molar-refractivity contribution in [2.24, 2.45) is 0 Å². The fourth-order valence-corrected chi connectivity index (χ4v) is 4.60. The number of amides is 2. The van der Waals surface area contributed by atoms with Gasteiger partial charge in [-0.25, -0.2) is 14.2 Å². The van der Waals surface area contributed by atoms with E-state index < -0.39 is 0 Å². The molecule has 1 aromatic carbocycles. The number of anilines is 2. The third-order valence-corrected chi connectivity index (χ3v) is 6.09. The van der Waals surface area contributed by atoms with Gasteiger partial charge in [0.15, 0.2) is 5.82 Å². The Balaban J connectivity index is 1.57. The van der Waals surface area contributed by atoms with Gasteiger partial charge in [-0.05, 0) is 65.8 Å².